The third-order valence-corrected chi connectivity index (χ3v) is 4.41. The second kappa shape index (κ2) is 5.38. The van der Waals surface area contributed by atoms with Crippen molar-refractivity contribution in [1.82, 2.24) is 25.0 Å². The van der Waals surface area contributed by atoms with E-state index in [-0.39, 0.29) is 12.3 Å². The second-order valence-corrected chi connectivity index (χ2v) is 6.21. The number of likely N-dealkylation sites (tertiary alicyclic amines) is 1. The van der Waals surface area contributed by atoms with E-state index in [0.717, 1.165) is 12.8 Å². The van der Waals surface area contributed by atoms with Crippen LogP contribution in [0.2, 0.25) is 0 Å². The van der Waals surface area contributed by atoms with E-state index in [9.17, 15) is 9.90 Å². The molecule has 1 aliphatic carbocycles. The number of carbonyl (C=O) groups is 1. The Morgan fingerprint density at radius 2 is 2.04 bits per heavy atom. The molecule has 2 fully saturated rings. The first-order chi connectivity index (χ1) is 11.1. The summed E-state index contributed by atoms with van der Waals surface area (Å²) in [4.78, 5) is 26.1. The van der Waals surface area contributed by atoms with Crippen LogP contribution in [0.4, 0.5) is 0 Å². The van der Waals surface area contributed by atoms with Crippen LogP contribution in [0.5, 0.6) is 0 Å². The number of hydrogen-bond donors (Lipinski definition) is 1. The van der Waals surface area contributed by atoms with Gasteiger partial charge in [0, 0.05) is 25.2 Å². The fourth-order valence-electron chi connectivity index (χ4n) is 2.90. The van der Waals surface area contributed by atoms with Gasteiger partial charge in [-0.05, 0) is 24.8 Å². The highest BCUT2D eigenvalue weighted by Crippen LogP contribution is 2.44. The van der Waals surface area contributed by atoms with Crippen LogP contribution in [0.25, 0.3) is 11.6 Å². The topological polar surface area (TPSA) is 105 Å². The summed E-state index contributed by atoms with van der Waals surface area (Å²) in [6, 6.07) is 1.71. The molecule has 2 aromatic heterocycles. The summed E-state index contributed by atoms with van der Waals surface area (Å²) in [6.07, 6.45) is 6.02. The van der Waals surface area contributed by atoms with Crippen LogP contribution in [-0.2, 0) is 11.2 Å². The maximum atomic E-state index is 12.1. The van der Waals surface area contributed by atoms with Gasteiger partial charge in [0.05, 0.1) is 13.1 Å². The van der Waals surface area contributed by atoms with Crippen molar-refractivity contribution in [2.24, 2.45) is 5.92 Å². The van der Waals surface area contributed by atoms with E-state index in [2.05, 4.69) is 20.1 Å². The number of hydrogen-bond acceptors (Lipinski definition) is 7. The van der Waals surface area contributed by atoms with Gasteiger partial charge in [0.25, 0.3) is 0 Å². The van der Waals surface area contributed by atoms with Gasteiger partial charge in [0.15, 0.2) is 0 Å². The summed E-state index contributed by atoms with van der Waals surface area (Å²) >= 11 is 0. The molecule has 0 aromatic carbocycles. The molecule has 0 bridgehead atoms. The van der Waals surface area contributed by atoms with E-state index < -0.39 is 5.60 Å². The SMILES string of the molecule is O=C(CCc1nc(-c2ncccn2)no1)N1CC(O)(C2CC2)C1. The quantitative estimate of drug-likeness (QED) is 0.853. The maximum Gasteiger partial charge on any atom is 0.240 e. The van der Waals surface area contributed by atoms with Crippen molar-refractivity contribution in [2.75, 3.05) is 13.1 Å². The minimum atomic E-state index is -0.641. The Kier molecular flexibility index (Phi) is 3.33. The largest absolute Gasteiger partial charge is 0.386 e. The van der Waals surface area contributed by atoms with Gasteiger partial charge in [0.2, 0.25) is 23.4 Å². The molecule has 4 rings (SSSR count). The van der Waals surface area contributed by atoms with Gasteiger partial charge < -0.3 is 14.5 Å². The molecule has 2 aromatic rings. The average Bonchev–Trinajstić information content (AvgIpc) is 3.29. The summed E-state index contributed by atoms with van der Waals surface area (Å²) in [5.74, 6) is 1.49. The van der Waals surface area contributed by atoms with E-state index in [1.165, 1.54) is 0 Å². The number of β-amino-alcohol motifs (C(OH)–C–C–N with tert-alkyl or cyclic N) is 1. The average molecular weight is 315 g/mol. The van der Waals surface area contributed by atoms with Crippen LogP contribution in [0.3, 0.4) is 0 Å². The molecule has 2 aliphatic rings. The zero-order valence-electron chi connectivity index (χ0n) is 12.6. The summed E-state index contributed by atoms with van der Waals surface area (Å²) in [5, 5.41) is 14.1. The Balaban J connectivity index is 1.30. The molecule has 0 unspecified atom stereocenters. The Morgan fingerprint density at radius 1 is 1.30 bits per heavy atom. The Morgan fingerprint density at radius 3 is 2.74 bits per heavy atom. The van der Waals surface area contributed by atoms with Gasteiger partial charge in [-0.15, -0.1) is 0 Å². The van der Waals surface area contributed by atoms with Crippen molar-refractivity contribution in [1.29, 1.82) is 0 Å². The summed E-state index contributed by atoms with van der Waals surface area (Å²) in [7, 11) is 0. The first-order valence-electron chi connectivity index (χ1n) is 7.74. The first kappa shape index (κ1) is 14.3. The molecule has 0 radical (unpaired) electrons. The Hall–Kier alpha value is -2.35. The molecule has 0 spiro atoms. The lowest BCUT2D eigenvalue weighted by atomic mass is 9.88. The second-order valence-electron chi connectivity index (χ2n) is 6.21. The van der Waals surface area contributed by atoms with E-state index in [0.29, 0.717) is 43.0 Å². The van der Waals surface area contributed by atoms with Crippen LogP contribution >= 0.6 is 0 Å². The van der Waals surface area contributed by atoms with Gasteiger partial charge in [-0.3, -0.25) is 4.79 Å². The zero-order valence-corrected chi connectivity index (χ0v) is 12.6. The highest BCUT2D eigenvalue weighted by atomic mass is 16.5. The highest BCUT2D eigenvalue weighted by molar-refractivity contribution is 5.77. The van der Waals surface area contributed by atoms with E-state index in [1.807, 2.05) is 0 Å². The lowest BCUT2D eigenvalue weighted by Gasteiger charge is -2.47. The van der Waals surface area contributed by atoms with Crippen LogP contribution in [0.1, 0.15) is 25.2 Å². The molecule has 120 valence electrons. The number of nitrogens with zero attached hydrogens (tertiary/aromatic N) is 5. The lowest BCUT2D eigenvalue weighted by Crippen LogP contribution is -2.64. The molecular formula is C15H17N5O3. The molecule has 1 saturated heterocycles. The molecule has 3 heterocycles. The minimum Gasteiger partial charge on any atom is -0.386 e. The van der Waals surface area contributed by atoms with Crippen LogP contribution < -0.4 is 0 Å². The molecular weight excluding hydrogens is 298 g/mol. The Labute approximate surface area is 132 Å². The fourth-order valence-corrected chi connectivity index (χ4v) is 2.90. The molecule has 8 heteroatoms. The third-order valence-electron chi connectivity index (χ3n) is 4.41. The molecule has 8 nitrogen and oxygen atoms in total. The van der Waals surface area contributed by atoms with Crippen molar-refractivity contribution in [3.63, 3.8) is 0 Å². The standard InChI is InChI=1S/C15H17N5O3/c21-12(20-8-15(22,9-20)10-2-3-10)5-4-11-18-14(19-23-11)13-16-6-1-7-17-13/h1,6-7,10,22H,2-5,8-9H2. The lowest BCUT2D eigenvalue weighted by molar-refractivity contribution is -0.159. The summed E-state index contributed by atoms with van der Waals surface area (Å²) in [6.45, 7) is 0.896. The highest BCUT2D eigenvalue weighted by Gasteiger charge is 2.53. The van der Waals surface area contributed by atoms with E-state index in [1.54, 1.807) is 23.4 Å². The first-order valence-corrected chi connectivity index (χ1v) is 7.74. The number of aryl methyl sites for hydroxylation is 1. The van der Waals surface area contributed by atoms with Crippen molar-refractivity contribution < 1.29 is 14.4 Å². The number of rotatable bonds is 5. The number of carbonyl (C=O) groups excluding carboxylic acids is 1. The number of amides is 1. The van der Waals surface area contributed by atoms with Crippen molar-refractivity contribution in [3.05, 3.63) is 24.4 Å². The van der Waals surface area contributed by atoms with Crippen LogP contribution in [-0.4, -0.2) is 54.7 Å². The third kappa shape index (κ3) is 2.81. The smallest absolute Gasteiger partial charge is 0.240 e. The normalized spacial score (nSPS) is 19.4. The zero-order chi connectivity index (χ0) is 15.9. The van der Waals surface area contributed by atoms with E-state index >= 15 is 0 Å². The monoisotopic (exact) mass is 315 g/mol. The van der Waals surface area contributed by atoms with Crippen molar-refractivity contribution in [2.45, 2.75) is 31.3 Å². The minimum absolute atomic E-state index is 0.00559. The molecule has 1 N–H and O–H groups in total. The molecule has 23 heavy (non-hydrogen) atoms. The van der Waals surface area contributed by atoms with Gasteiger partial charge in [-0.25, -0.2) is 9.97 Å². The molecule has 1 amide bonds. The molecule has 0 atom stereocenters. The predicted molar refractivity (Wildman–Crippen MR) is 77.9 cm³/mol. The molecule has 1 saturated carbocycles. The fraction of sp³-hybridized carbons (Fsp3) is 0.533. The maximum absolute atomic E-state index is 12.1. The summed E-state index contributed by atoms with van der Waals surface area (Å²) < 4.78 is 5.13. The van der Waals surface area contributed by atoms with Gasteiger partial charge in [-0.2, -0.15) is 4.98 Å². The van der Waals surface area contributed by atoms with Gasteiger partial charge in [0.1, 0.15) is 5.60 Å². The number of aliphatic hydroxyl groups is 1. The molecule has 1 aliphatic heterocycles. The van der Waals surface area contributed by atoms with Crippen LogP contribution in [0, 0.1) is 5.92 Å². The van der Waals surface area contributed by atoms with Crippen molar-refractivity contribution in [3.8, 4) is 11.6 Å². The summed E-state index contributed by atoms with van der Waals surface area (Å²) in [5.41, 5.74) is -0.641. The van der Waals surface area contributed by atoms with Crippen LogP contribution in [0.15, 0.2) is 23.0 Å². The number of aromatic nitrogens is 4. The Bertz CT molecular complexity index is 707. The van der Waals surface area contributed by atoms with Gasteiger partial charge >= 0.3 is 0 Å². The van der Waals surface area contributed by atoms with Crippen molar-refractivity contribution >= 4 is 5.91 Å². The predicted octanol–water partition coefficient (Wildman–Crippen LogP) is 0.442. The van der Waals surface area contributed by atoms with Gasteiger partial charge in [-0.1, -0.05) is 5.16 Å². The van der Waals surface area contributed by atoms with E-state index in [4.69, 9.17) is 4.52 Å².